The lowest BCUT2D eigenvalue weighted by atomic mass is 9.95. The molecule has 0 unspecified atom stereocenters. The van der Waals surface area contributed by atoms with Crippen LogP contribution in [0.15, 0.2) is 49.1 Å². The van der Waals surface area contributed by atoms with Crippen LogP contribution in [0.3, 0.4) is 0 Å². The Balaban J connectivity index is 1.35. The van der Waals surface area contributed by atoms with Crippen molar-refractivity contribution in [1.82, 2.24) is 35.0 Å². The molecule has 38 heavy (non-hydrogen) atoms. The monoisotopic (exact) mass is 509 g/mol. The lowest BCUT2D eigenvalue weighted by Crippen LogP contribution is -2.44. The maximum Gasteiger partial charge on any atom is 0.229 e. The number of aromatic amines is 2. The molecule has 1 aliphatic rings. The van der Waals surface area contributed by atoms with Gasteiger partial charge in [0, 0.05) is 60.3 Å². The van der Waals surface area contributed by atoms with Crippen molar-refractivity contribution < 1.29 is 4.79 Å². The second-order valence-corrected chi connectivity index (χ2v) is 10.9. The first-order chi connectivity index (χ1) is 18.3. The fourth-order valence-corrected chi connectivity index (χ4v) is 4.68. The number of rotatable bonds is 4. The molecule has 0 aliphatic carbocycles. The molecule has 0 atom stereocenters. The Morgan fingerprint density at radius 1 is 0.974 bits per heavy atom. The van der Waals surface area contributed by atoms with Gasteiger partial charge in [-0.15, -0.1) is 0 Å². The summed E-state index contributed by atoms with van der Waals surface area (Å²) in [6.07, 6.45) is 7.03. The molecule has 1 amide bonds. The number of carbonyl (C=O) groups is 1. The number of piperazine rings is 1. The normalized spacial score (nSPS) is 14.9. The van der Waals surface area contributed by atoms with Gasteiger partial charge < -0.3 is 20.1 Å². The number of nitrogens with one attached hydrogen (secondary N) is 3. The summed E-state index contributed by atoms with van der Waals surface area (Å²) in [6.45, 7) is 9.58. The van der Waals surface area contributed by atoms with Gasteiger partial charge >= 0.3 is 0 Å². The van der Waals surface area contributed by atoms with Gasteiger partial charge in [0.05, 0.1) is 40.5 Å². The van der Waals surface area contributed by atoms with Crippen molar-refractivity contribution in [3.05, 3.63) is 49.1 Å². The first-order valence-corrected chi connectivity index (χ1v) is 12.8. The summed E-state index contributed by atoms with van der Waals surface area (Å²) < 4.78 is 0. The van der Waals surface area contributed by atoms with Crippen LogP contribution in [0.4, 0.5) is 11.5 Å². The third-order valence-corrected chi connectivity index (χ3v) is 7.01. The van der Waals surface area contributed by atoms with E-state index in [0.29, 0.717) is 5.69 Å². The predicted octanol–water partition coefficient (Wildman–Crippen LogP) is 4.30. The molecule has 3 N–H and O–H groups in total. The molecule has 0 spiro atoms. The Hall–Kier alpha value is -4.31. The third kappa shape index (κ3) is 4.47. The molecule has 10 nitrogen and oxygen atoms in total. The van der Waals surface area contributed by atoms with Crippen LogP contribution in [0, 0.1) is 5.41 Å². The lowest BCUT2D eigenvalue weighted by Gasteiger charge is -2.33. The fourth-order valence-electron chi connectivity index (χ4n) is 4.68. The quantitative estimate of drug-likeness (QED) is 0.330. The molecular formula is C28H31N9O. The lowest BCUT2D eigenvalue weighted by molar-refractivity contribution is -0.123. The van der Waals surface area contributed by atoms with Gasteiger partial charge in [-0.3, -0.25) is 19.9 Å². The SMILES string of the molecule is CN1CCN(c2nccc3[nH]c(-c4n[nH]c5cnc(-c6cncc(NC(=O)C(C)(C)C)c6)cc45)cc23)CC1. The molecule has 1 aliphatic heterocycles. The number of anilines is 2. The molecule has 10 heteroatoms. The number of carbonyl (C=O) groups excluding carboxylic acids is 1. The summed E-state index contributed by atoms with van der Waals surface area (Å²) in [6, 6.07) is 8.03. The maximum absolute atomic E-state index is 12.5. The van der Waals surface area contributed by atoms with Crippen molar-refractivity contribution in [2.75, 3.05) is 43.4 Å². The van der Waals surface area contributed by atoms with Crippen LogP contribution in [-0.2, 0) is 4.79 Å². The smallest absolute Gasteiger partial charge is 0.229 e. The van der Waals surface area contributed by atoms with Crippen LogP contribution in [0.1, 0.15) is 20.8 Å². The molecule has 0 bridgehead atoms. The minimum absolute atomic E-state index is 0.0683. The minimum Gasteiger partial charge on any atom is -0.353 e. The van der Waals surface area contributed by atoms with Crippen molar-refractivity contribution in [2.24, 2.45) is 5.41 Å². The zero-order chi connectivity index (χ0) is 26.4. The van der Waals surface area contributed by atoms with Gasteiger partial charge in [-0.05, 0) is 31.3 Å². The van der Waals surface area contributed by atoms with Gasteiger partial charge in [-0.1, -0.05) is 20.8 Å². The van der Waals surface area contributed by atoms with Crippen LogP contribution in [0.5, 0.6) is 0 Å². The maximum atomic E-state index is 12.5. The summed E-state index contributed by atoms with van der Waals surface area (Å²) in [5, 5.41) is 12.7. The van der Waals surface area contributed by atoms with Crippen LogP contribution >= 0.6 is 0 Å². The van der Waals surface area contributed by atoms with Crippen LogP contribution in [0.25, 0.3) is 44.5 Å². The minimum atomic E-state index is -0.502. The summed E-state index contributed by atoms with van der Waals surface area (Å²) in [5.41, 5.74) is 5.28. The van der Waals surface area contributed by atoms with Crippen molar-refractivity contribution in [3.8, 4) is 22.6 Å². The zero-order valence-electron chi connectivity index (χ0n) is 22.0. The molecular weight excluding hydrogens is 478 g/mol. The van der Waals surface area contributed by atoms with Gasteiger partial charge in [-0.2, -0.15) is 5.10 Å². The van der Waals surface area contributed by atoms with Crippen molar-refractivity contribution >= 4 is 39.2 Å². The summed E-state index contributed by atoms with van der Waals surface area (Å²) in [7, 11) is 2.15. The van der Waals surface area contributed by atoms with E-state index in [9.17, 15) is 4.79 Å². The number of nitrogens with zero attached hydrogens (tertiary/aromatic N) is 6. The Kier molecular flexibility index (Phi) is 5.83. The second-order valence-electron chi connectivity index (χ2n) is 10.9. The highest BCUT2D eigenvalue weighted by Crippen LogP contribution is 2.34. The average Bonchev–Trinajstić information content (AvgIpc) is 3.52. The van der Waals surface area contributed by atoms with Gasteiger partial charge in [0.1, 0.15) is 11.5 Å². The number of H-pyrrole nitrogens is 2. The number of hydrogen-bond acceptors (Lipinski definition) is 7. The number of likely N-dealkylation sites (N-methyl/N-ethyl adjacent to an activating group) is 1. The number of pyridine rings is 3. The molecule has 0 saturated carbocycles. The van der Waals surface area contributed by atoms with E-state index in [1.807, 2.05) is 45.2 Å². The van der Waals surface area contributed by atoms with Crippen molar-refractivity contribution in [3.63, 3.8) is 0 Å². The van der Waals surface area contributed by atoms with Crippen LogP contribution in [0.2, 0.25) is 0 Å². The molecule has 6 rings (SSSR count). The Morgan fingerprint density at radius 3 is 2.58 bits per heavy atom. The topological polar surface area (TPSA) is 119 Å². The summed E-state index contributed by atoms with van der Waals surface area (Å²) >= 11 is 0. The summed E-state index contributed by atoms with van der Waals surface area (Å²) in [4.78, 5) is 34.4. The number of aromatic nitrogens is 6. The molecule has 5 aromatic rings. The number of fused-ring (bicyclic) bond motifs is 2. The van der Waals surface area contributed by atoms with E-state index >= 15 is 0 Å². The second kappa shape index (κ2) is 9.21. The van der Waals surface area contributed by atoms with Crippen LogP contribution < -0.4 is 10.2 Å². The molecule has 194 valence electrons. The highest BCUT2D eigenvalue weighted by Gasteiger charge is 2.22. The van der Waals surface area contributed by atoms with Gasteiger partial charge in [0.2, 0.25) is 5.91 Å². The fraction of sp³-hybridized carbons (Fsp3) is 0.321. The number of hydrogen-bond donors (Lipinski definition) is 3. The first-order valence-electron chi connectivity index (χ1n) is 12.8. The molecule has 0 radical (unpaired) electrons. The summed E-state index contributed by atoms with van der Waals surface area (Å²) in [5.74, 6) is 0.932. The molecule has 5 aromatic heterocycles. The Labute approximate surface area is 220 Å². The highest BCUT2D eigenvalue weighted by atomic mass is 16.2. The zero-order valence-corrected chi connectivity index (χ0v) is 22.0. The predicted molar refractivity (Wildman–Crippen MR) is 150 cm³/mol. The molecule has 0 aromatic carbocycles. The molecule has 1 fully saturated rings. The van der Waals surface area contributed by atoms with E-state index in [1.54, 1.807) is 18.6 Å². The standard InChI is InChI=1S/C28H31N9O/c1-28(2,3)27(38)32-18-11-17(14-29-15-18)22-12-19-24(16-31-22)34-35-25(19)23-13-20-21(33-23)5-6-30-26(20)37-9-7-36(4)8-10-37/h5-6,11-16,33H,7-10H2,1-4H3,(H,32,38)(H,34,35). The van der Waals surface area contributed by atoms with E-state index in [1.165, 1.54) is 0 Å². The molecule has 1 saturated heterocycles. The van der Waals surface area contributed by atoms with Crippen molar-refractivity contribution in [2.45, 2.75) is 20.8 Å². The van der Waals surface area contributed by atoms with Crippen LogP contribution in [-0.4, -0.2) is 74.2 Å². The Morgan fingerprint density at radius 2 is 1.79 bits per heavy atom. The largest absolute Gasteiger partial charge is 0.353 e. The van der Waals surface area contributed by atoms with Gasteiger partial charge in [-0.25, -0.2) is 4.98 Å². The highest BCUT2D eigenvalue weighted by molar-refractivity contribution is 6.00. The van der Waals surface area contributed by atoms with Gasteiger partial charge in [0.15, 0.2) is 0 Å². The van der Waals surface area contributed by atoms with E-state index in [-0.39, 0.29) is 5.91 Å². The van der Waals surface area contributed by atoms with Gasteiger partial charge in [0.25, 0.3) is 0 Å². The van der Waals surface area contributed by atoms with Crippen molar-refractivity contribution in [1.29, 1.82) is 0 Å². The van der Waals surface area contributed by atoms with E-state index < -0.39 is 5.41 Å². The molecule has 6 heterocycles. The first kappa shape index (κ1) is 24.1. The Bertz CT molecular complexity index is 1640. The van der Waals surface area contributed by atoms with E-state index in [0.717, 1.165) is 76.4 Å². The van der Waals surface area contributed by atoms with E-state index in [4.69, 9.17) is 4.98 Å². The van der Waals surface area contributed by atoms with E-state index in [2.05, 4.69) is 53.4 Å². The number of amides is 1. The average molecular weight is 510 g/mol. The third-order valence-electron chi connectivity index (χ3n) is 7.01.